The first kappa shape index (κ1) is 19.2. The zero-order valence-corrected chi connectivity index (χ0v) is 17.2. The molecule has 0 saturated heterocycles. The van der Waals surface area contributed by atoms with E-state index in [1.165, 1.54) is 4.57 Å². The zero-order chi connectivity index (χ0) is 21.0. The van der Waals surface area contributed by atoms with E-state index in [1.54, 1.807) is 12.1 Å². The number of ether oxygens (including phenoxy) is 2. The summed E-state index contributed by atoms with van der Waals surface area (Å²) in [5.41, 5.74) is 1.66. The third kappa shape index (κ3) is 2.60. The average Bonchev–Trinajstić information content (AvgIpc) is 3.33. The van der Waals surface area contributed by atoms with Crippen LogP contribution in [0.1, 0.15) is 33.6 Å². The lowest BCUT2D eigenvalue weighted by molar-refractivity contribution is 0.104. The number of carbonyl (C=O) groups excluding carboxylic acids is 1. The molecule has 1 aliphatic heterocycles. The molecule has 0 spiro atoms. The highest BCUT2D eigenvalue weighted by molar-refractivity contribution is 9.09. The summed E-state index contributed by atoms with van der Waals surface area (Å²) in [4.78, 5) is 35.5. The van der Waals surface area contributed by atoms with Crippen LogP contribution < -0.4 is 15.0 Å². The molecule has 0 radical (unpaired) electrons. The SMILES string of the molecule is O=C1c2cc3c(nc2-c2c1c1cc(CO)c(CO)nc1c(=O)n2CCCBr)OCO3. The summed E-state index contributed by atoms with van der Waals surface area (Å²) < 4.78 is 12.2. The number of hydrogen-bond acceptors (Lipinski definition) is 8. The lowest BCUT2D eigenvalue weighted by atomic mass is 10.0. The summed E-state index contributed by atoms with van der Waals surface area (Å²) in [7, 11) is 0. The van der Waals surface area contributed by atoms with Crippen LogP contribution in [0.25, 0.3) is 22.3 Å². The van der Waals surface area contributed by atoms with Crippen molar-refractivity contribution in [2.24, 2.45) is 0 Å². The molecule has 2 N–H and O–H groups in total. The Bertz CT molecular complexity index is 1290. The van der Waals surface area contributed by atoms with Gasteiger partial charge in [-0.3, -0.25) is 9.59 Å². The smallest absolute Gasteiger partial charge is 0.277 e. The summed E-state index contributed by atoms with van der Waals surface area (Å²) in [6.07, 6.45) is 0.646. The third-order valence-corrected chi connectivity index (χ3v) is 5.87. The van der Waals surface area contributed by atoms with Gasteiger partial charge >= 0.3 is 0 Å². The molecular weight excluding hydrogens is 458 g/mol. The van der Waals surface area contributed by atoms with Crippen molar-refractivity contribution in [3.63, 3.8) is 0 Å². The fraction of sp³-hybridized carbons (Fsp3) is 0.300. The molecule has 4 heterocycles. The van der Waals surface area contributed by atoms with Crippen molar-refractivity contribution in [3.05, 3.63) is 44.9 Å². The van der Waals surface area contributed by atoms with E-state index in [2.05, 4.69) is 25.9 Å². The van der Waals surface area contributed by atoms with Crippen LogP contribution in [0.2, 0.25) is 0 Å². The van der Waals surface area contributed by atoms with E-state index in [0.29, 0.717) is 57.5 Å². The number of aliphatic hydroxyl groups excluding tert-OH is 2. The maximum Gasteiger partial charge on any atom is 0.277 e. The molecule has 0 bridgehead atoms. The van der Waals surface area contributed by atoms with E-state index >= 15 is 0 Å². The lowest BCUT2D eigenvalue weighted by Crippen LogP contribution is -2.25. The molecule has 3 aromatic heterocycles. The Kier molecular flexibility index (Phi) is 4.57. The van der Waals surface area contributed by atoms with Crippen molar-refractivity contribution in [2.75, 3.05) is 12.1 Å². The van der Waals surface area contributed by atoms with Gasteiger partial charge in [-0.15, -0.1) is 0 Å². The number of aromatic nitrogens is 3. The van der Waals surface area contributed by atoms with Crippen LogP contribution in [-0.2, 0) is 19.8 Å². The van der Waals surface area contributed by atoms with Crippen LogP contribution in [0.15, 0.2) is 16.9 Å². The van der Waals surface area contributed by atoms with Crippen LogP contribution in [0, 0.1) is 0 Å². The number of halogens is 1. The summed E-state index contributed by atoms with van der Waals surface area (Å²) >= 11 is 3.38. The van der Waals surface area contributed by atoms with Crippen molar-refractivity contribution < 1.29 is 24.5 Å². The second-order valence-corrected chi connectivity index (χ2v) is 7.75. The van der Waals surface area contributed by atoms with Gasteiger partial charge < -0.3 is 24.3 Å². The van der Waals surface area contributed by atoms with Gasteiger partial charge in [0.25, 0.3) is 11.4 Å². The molecule has 9 nitrogen and oxygen atoms in total. The first-order chi connectivity index (χ1) is 14.6. The number of carbonyl (C=O) groups is 1. The molecule has 0 aromatic carbocycles. The minimum absolute atomic E-state index is 0.0219. The highest BCUT2D eigenvalue weighted by Crippen LogP contribution is 2.43. The Morgan fingerprint density at radius 1 is 1.13 bits per heavy atom. The molecule has 0 saturated carbocycles. The Labute approximate surface area is 178 Å². The van der Waals surface area contributed by atoms with Gasteiger partial charge in [0.05, 0.1) is 35.7 Å². The number of ketones is 1. The highest BCUT2D eigenvalue weighted by atomic mass is 79.9. The Morgan fingerprint density at radius 2 is 1.97 bits per heavy atom. The molecule has 5 rings (SSSR count). The van der Waals surface area contributed by atoms with Gasteiger partial charge in [0, 0.05) is 22.8 Å². The summed E-state index contributed by atoms with van der Waals surface area (Å²) in [5.74, 6) is 0.356. The number of alkyl halides is 1. The molecule has 2 aliphatic rings. The predicted molar refractivity (Wildman–Crippen MR) is 109 cm³/mol. The number of nitrogens with zero attached hydrogens (tertiary/aromatic N) is 3. The standard InChI is InChI=1S/C20H16BrN3O6/c21-2-1-3-24-17-14(10-4-9(6-25)12(7-26)22-16(10)20(24)28)18(27)11-5-13-19(23-15(11)17)30-8-29-13/h4-5,25-26H,1-3,6-8H2. The molecule has 10 heteroatoms. The topological polar surface area (TPSA) is 124 Å². The van der Waals surface area contributed by atoms with E-state index in [1.807, 2.05) is 0 Å². The predicted octanol–water partition coefficient (Wildman–Crippen LogP) is 1.50. The largest absolute Gasteiger partial charge is 0.452 e. The van der Waals surface area contributed by atoms with E-state index in [-0.39, 0.29) is 41.8 Å². The van der Waals surface area contributed by atoms with Crippen molar-refractivity contribution in [3.8, 4) is 23.0 Å². The van der Waals surface area contributed by atoms with E-state index in [0.717, 1.165) is 0 Å². The van der Waals surface area contributed by atoms with Crippen LogP contribution in [0.3, 0.4) is 0 Å². The fourth-order valence-corrected chi connectivity index (χ4v) is 4.19. The van der Waals surface area contributed by atoms with Gasteiger partial charge in [0.15, 0.2) is 11.5 Å². The first-order valence-corrected chi connectivity index (χ1v) is 10.4. The Hall–Kier alpha value is -2.82. The molecule has 0 fully saturated rings. The molecule has 0 amide bonds. The zero-order valence-electron chi connectivity index (χ0n) is 15.6. The van der Waals surface area contributed by atoms with Gasteiger partial charge in [-0.1, -0.05) is 15.9 Å². The van der Waals surface area contributed by atoms with Gasteiger partial charge in [0.2, 0.25) is 6.79 Å². The number of hydrogen-bond donors (Lipinski definition) is 2. The fourth-order valence-electron chi connectivity index (χ4n) is 3.94. The van der Waals surface area contributed by atoms with E-state index in [9.17, 15) is 19.8 Å². The van der Waals surface area contributed by atoms with Crippen LogP contribution in [-0.4, -0.2) is 42.7 Å². The number of pyridine rings is 3. The molecule has 3 aromatic rings. The summed E-state index contributed by atoms with van der Waals surface area (Å²) in [6, 6.07) is 3.13. The van der Waals surface area contributed by atoms with Crippen LogP contribution >= 0.6 is 15.9 Å². The van der Waals surface area contributed by atoms with Crippen LogP contribution in [0.5, 0.6) is 11.6 Å². The summed E-state index contributed by atoms with van der Waals surface area (Å²) in [6.45, 7) is -0.437. The first-order valence-electron chi connectivity index (χ1n) is 9.31. The van der Waals surface area contributed by atoms with Gasteiger partial charge in [0.1, 0.15) is 11.2 Å². The number of aliphatic hydroxyl groups is 2. The Morgan fingerprint density at radius 3 is 2.70 bits per heavy atom. The molecule has 0 unspecified atom stereocenters. The third-order valence-electron chi connectivity index (χ3n) is 5.31. The van der Waals surface area contributed by atoms with E-state index in [4.69, 9.17) is 9.47 Å². The number of rotatable bonds is 5. The normalized spacial score (nSPS) is 13.8. The van der Waals surface area contributed by atoms with Crippen LogP contribution in [0.4, 0.5) is 0 Å². The van der Waals surface area contributed by atoms with Gasteiger partial charge in [-0.05, 0) is 18.6 Å². The molecule has 1 aliphatic carbocycles. The van der Waals surface area contributed by atoms with E-state index < -0.39 is 6.61 Å². The number of fused-ring (bicyclic) bond motifs is 6. The quantitative estimate of drug-likeness (QED) is 0.418. The van der Waals surface area contributed by atoms with Crippen molar-refractivity contribution >= 4 is 32.6 Å². The maximum atomic E-state index is 13.4. The molecule has 154 valence electrons. The van der Waals surface area contributed by atoms with Crippen molar-refractivity contribution in [2.45, 2.75) is 26.2 Å². The van der Waals surface area contributed by atoms with Crippen molar-refractivity contribution in [1.82, 2.24) is 14.5 Å². The maximum absolute atomic E-state index is 13.4. The highest BCUT2D eigenvalue weighted by Gasteiger charge is 2.37. The molecular formula is C20H16BrN3O6. The summed E-state index contributed by atoms with van der Waals surface area (Å²) in [5, 5.41) is 20.3. The lowest BCUT2D eigenvalue weighted by Gasteiger charge is -2.15. The monoisotopic (exact) mass is 473 g/mol. The average molecular weight is 474 g/mol. The van der Waals surface area contributed by atoms with Crippen molar-refractivity contribution in [1.29, 1.82) is 0 Å². The Balaban J connectivity index is 1.89. The van der Waals surface area contributed by atoms with Gasteiger partial charge in [-0.2, -0.15) is 0 Å². The second kappa shape index (κ2) is 7.15. The van der Waals surface area contributed by atoms with Gasteiger partial charge in [-0.25, -0.2) is 9.97 Å². The minimum atomic E-state index is -0.430. The molecule has 30 heavy (non-hydrogen) atoms. The minimum Gasteiger partial charge on any atom is -0.452 e. The second-order valence-electron chi connectivity index (χ2n) is 6.95. The molecule has 0 atom stereocenters.